The van der Waals surface area contributed by atoms with Crippen LogP contribution in [0.15, 0.2) is 22.7 Å². The van der Waals surface area contributed by atoms with Crippen LogP contribution < -0.4 is 10.2 Å². The number of likely N-dealkylation sites (N-methyl/N-ethyl adjacent to an activating group) is 1. The number of rotatable bonds is 5. The van der Waals surface area contributed by atoms with Crippen molar-refractivity contribution in [1.29, 1.82) is 0 Å². The molecule has 1 aliphatic rings. The van der Waals surface area contributed by atoms with Crippen LogP contribution in [0, 0.1) is 0 Å². The normalized spacial score (nSPS) is 18.0. The van der Waals surface area contributed by atoms with E-state index in [0.717, 1.165) is 16.7 Å². The van der Waals surface area contributed by atoms with Crippen LogP contribution in [0.1, 0.15) is 18.4 Å². The number of nitrogens with one attached hydrogen (secondary N) is 1. The van der Waals surface area contributed by atoms with E-state index >= 15 is 0 Å². The first-order valence-corrected chi connectivity index (χ1v) is 7.78. The molecule has 0 bridgehead atoms. The van der Waals surface area contributed by atoms with Crippen molar-refractivity contribution >= 4 is 21.6 Å². The quantitative estimate of drug-likeness (QED) is 0.860. The molecule has 0 radical (unpaired) electrons. The maximum absolute atomic E-state index is 10.6. The SMILES string of the molecule is CNCc1ccc(N(C)CC2(O)CCOCC2)cc1Br. The molecule has 4 nitrogen and oxygen atoms in total. The van der Waals surface area contributed by atoms with E-state index in [1.54, 1.807) is 0 Å². The molecule has 1 aromatic carbocycles. The van der Waals surface area contributed by atoms with E-state index in [-0.39, 0.29) is 0 Å². The lowest BCUT2D eigenvalue weighted by molar-refractivity contribution is -0.0572. The zero-order chi connectivity index (χ0) is 14.6. The summed E-state index contributed by atoms with van der Waals surface area (Å²) in [4.78, 5) is 2.11. The Balaban J connectivity index is 2.05. The molecule has 0 aromatic heterocycles. The number of hydrogen-bond donors (Lipinski definition) is 2. The van der Waals surface area contributed by atoms with Gasteiger partial charge in [0.15, 0.2) is 0 Å². The highest BCUT2D eigenvalue weighted by Gasteiger charge is 2.31. The maximum Gasteiger partial charge on any atom is 0.0865 e. The van der Waals surface area contributed by atoms with E-state index < -0.39 is 5.60 Å². The lowest BCUT2D eigenvalue weighted by Crippen LogP contribution is -2.45. The molecule has 2 N–H and O–H groups in total. The van der Waals surface area contributed by atoms with Crippen LogP contribution in [-0.2, 0) is 11.3 Å². The molecular weight excluding hydrogens is 320 g/mol. The van der Waals surface area contributed by atoms with E-state index in [1.807, 2.05) is 14.1 Å². The van der Waals surface area contributed by atoms with Crippen molar-refractivity contribution in [1.82, 2.24) is 5.32 Å². The van der Waals surface area contributed by atoms with Gasteiger partial charge in [0.1, 0.15) is 0 Å². The predicted octanol–water partition coefficient (Wildman–Crippen LogP) is 2.15. The highest BCUT2D eigenvalue weighted by atomic mass is 79.9. The van der Waals surface area contributed by atoms with Crippen LogP contribution in [0.5, 0.6) is 0 Å². The summed E-state index contributed by atoms with van der Waals surface area (Å²) in [5.74, 6) is 0. The van der Waals surface area contributed by atoms with Gasteiger partial charge in [-0.2, -0.15) is 0 Å². The van der Waals surface area contributed by atoms with Gasteiger partial charge >= 0.3 is 0 Å². The smallest absolute Gasteiger partial charge is 0.0865 e. The number of hydrogen-bond acceptors (Lipinski definition) is 4. The lowest BCUT2D eigenvalue weighted by atomic mass is 9.94. The molecule has 0 aliphatic carbocycles. The minimum Gasteiger partial charge on any atom is -0.388 e. The van der Waals surface area contributed by atoms with Gasteiger partial charge in [0, 0.05) is 56.4 Å². The van der Waals surface area contributed by atoms with Crippen molar-refractivity contribution in [2.24, 2.45) is 0 Å². The maximum atomic E-state index is 10.6. The van der Waals surface area contributed by atoms with Crippen molar-refractivity contribution in [3.05, 3.63) is 28.2 Å². The zero-order valence-corrected chi connectivity index (χ0v) is 13.7. The number of benzene rings is 1. The molecule has 2 rings (SSSR count). The summed E-state index contributed by atoms with van der Waals surface area (Å²) in [6.07, 6.45) is 1.41. The van der Waals surface area contributed by atoms with Crippen molar-refractivity contribution in [3.8, 4) is 0 Å². The fourth-order valence-corrected chi connectivity index (χ4v) is 3.06. The van der Waals surface area contributed by atoms with E-state index in [1.165, 1.54) is 5.56 Å². The molecule has 112 valence electrons. The van der Waals surface area contributed by atoms with Gasteiger partial charge < -0.3 is 20.1 Å². The fraction of sp³-hybridized carbons (Fsp3) is 0.600. The minimum absolute atomic E-state index is 0.633. The Kier molecular flexibility index (Phi) is 5.43. The Labute approximate surface area is 129 Å². The van der Waals surface area contributed by atoms with Gasteiger partial charge in [-0.1, -0.05) is 22.0 Å². The first-order valence-electron chi connectivity index (χ1n) is 6.98. The van der Waals surface area contributed by atoms with E-state index in [0.29, 0.717) is 32.6 Å². The number of anilines is 1. The molecule has 0 saturated carbocycles. The molecule has 1 aliphatic heterocycles. The summed E-state index contributed by atoms with van der Waals surface area (Å²) in [5, 5.41) is 13.7. The van der Waals surface area contributed by atoms with Gasteiger partial charge in [0.05, 0.1) is 5.60 Å². The Morgan fingerprint density at radius 1 is 1.40 bits per heavy atom. The molecule has 0 spiro atoms. The molecule has 0 unspecified atom stereocenters. The lowest BCUT2D eigenvalue weighted by Gasteiger charge is -2.36. The van der Waals surface area contributed by atoms with Crippen molar-refractivity contribution in [2.75, 3.05) is 38.8 Å². The third kappa shape index (κ3) is 3.95. The van der Waals surface area contributed by atoms with Crippen LogP contribution in [-0.4, -0.2) is 44.6 Å². The van der Waals surface area contributed by atoms with Gasteiger partial charge in [0.2, 0.25) is 0 Å². The summed E-state index contributed by atoms with van der Waals surface area (Å²) in [6, 6.07) is 6.32. The second-order valence-corrected chi connectivity index (χ2v) is 6.35. The average molecular weight is 343 g/mol. The van der Waals surface area contributed by atoms with Crippen LogP contribution >= 0.6 is 15.9 Å². The average Bonchev–Trinajstić information content (AvgIpc) is 2.41. The highest BCUT2D eigenvalue weighted by molar-refractivity contribution is 9.10. The second-order valence-electron chi connectivity index (χ2n) is 5.50. The van der Waals surface area contributed by atoms with Crippen molar-refractivity contribution < 1.29 is 9.84 Å². The van der Waals surface area contributed by atoms with Crippen LogP contribution in [0.25, 0.3) is 0 Å². The third-order valence-electron chi connectivity index (χ3n) is 3.80. The number of nitrogens with zero attached hydrogens (tertiary/aromatic N) is 1. The summed E-state index contributed by atoms with van der Waals surface area (Å²) >= 11 is 3.61. The first kappa shape index (κ1) is 15.8. The number of ether oxygens (including phenoxy) is 1. The Hall–Kier alpha value is -0.620. The largest absolute Gasteiger partial charge is 0.388 e. The van der Waals surface area contributed by atoms with Gasteiger partial charge in [-0.15, -0.1) is 0 Å². The zero-order valence-electron chi connectivity index (χ0n) is 12.2. The van der Waals surface area contributed by atoms with E-state index in [9.17, 15) is 5.11 Å². The first-order chi connectivity index (χ1) is 9.54. The molecule has 1 saturated heterocycles. The molecular formula is C15H23BrN2O2. The number of halogens is 1. The summed E-state index contributed by atoms with van der Waals surface area (Å²) in [6.45, 7) is 2.77. The van der Waals surface area contributed by atoms with Gasteiger partial charge in [-0.05, 0) is 24.7 Å². The van der Waals surface area contributed by atoms with Gasteiger partial charge in [-0.3, -0.25) is 0 Å². The van der Waals surface area contributed by atoms with E-state index in [2.05, 4.69) is 44.3 Å². The molecule has 1 fully saturated rings. The van der Waals surface area contributed by atoms with Gasteiger partial charge in [0.25, 0.3) is 0 Å². The minimum atomic E-state index is -0.636. The molecule has 0 amide bonds. The molecule has 1 aromatic rings. The summed E-state index contributed by atoms with van der Waals surface area (Å²) in [7, 11) is 3.96. The van der Waals surface area contributed by atoms with Gasteiger partial charge in [-0.25, -0.2) is 0 Å². The van der Waals surface area contributed by atoms with E-state index in [4.69, 9.17) is 4.74 Å². The topological polar surface area (TPSA) is 44.7 Å². The van der Waals surface area contributed by atoms with Crippen LogP contribution in [0.3, 0.4) is 0 Å². The summed E-state index contributed by atoms with van der Waals surface area (Å²) < 4.78 is 6.41. The molecule has 20 heavy (non-hydrogen) atoms. The standard InChI is InChI=1S/C15H23BrN2O2/c1-17-10-12-3-4-13(9-14(12)16)18(2)11-15(19)5-7-20-8-6-15/h3-4,9,17,19H,5-8,10-11H2,1-2H3. The second kappa shape index (κ2) is 6.89. The fourth-order valence-electron chi connectivity index (χ4n) is 2.55. The Morgan fingerprint density at radius 3 is 2.70 bits per heavy atom. The monoisotopic (exact) mass is 342 g/mol. The highest BCUT2D eigenvalue weighted by Crippen LogP contribution is 2.27. The third-order valence-corrected chi connectivity index (χ3v) is 4.54. The molecule has 5 heteroatoms. The molecule has 1 heterocycles. The van der Waals surface area contributed by atoms with Crippen LogP contribution in [0.2, 0.25) is 0 Å². The summed E-state index contributed by atoms with van der Waals surface area (Å²) in [5.41, 5.74) is 1.70. The van der Waals surface area contributed by atoms with Crippen molar-refractivity contribution in [2.45, 2.75) is 25.0 Å². The van der Waals surface area contributed by atoms with Crippen molar-refractivity contribution in [3.63, 3.8) is 0 Å². The molecule has 0 atom stereocenters. The Morgan fingerprint density at radius 2 is 2.10 bits per heavy atom. The number of aliphatic hydroxyl groups is 1. The van der Waals surface area contributed by atoms with Crippen LogP contribution in [0.4, 0.5) is 5.69 Å². The Bertz CT molecular complexity index is 447. The predicted molar refractivity (Wildman–Crippen MR) is 85.2 cm³/mol.